The molecule has 33 heavy (non-hydrogen) atoms. The number of hydrogen-bond donors (Lipinski definition) is 5. The number of hydrogen-bond acceptors (Lipinski definition) is 10. The molecular weight excluding hydrogens is 515 g/mol. The molecule has 1 saturated heterocycles. The monoisotopic (exact) mass is 535 g/mol. The van der Waals surface area contributed by atoms with Crippen molar-refractivity contribution in [2.75, 3.05) is 6.61 Å². The van der Waals surface area contributed by atoms with E-state index >= 15 is 0 Å². The highest BCUT2D eigenvalue weighted by Crippen LogP contribution is 2.66. The predicted octanol–water partition coefficient (Wildman–Crippen LogP) is 0.719. The molecule has 18 nitrogen and oxygen atoms in total. The maximum Gasteiger partial charge on any atom is 0.490 e. The standard InChI is InChI=1S/C12H20N5O13P3/c1-7-5-17(10(19)14-9(7)18)12(3)4-8(15-16-13)11(2,28-12)6-27-32(23,24)30-33(25,26)29-31(20,21)22/h5,8H,4,6H2,1-3H3,(H,23,24)(H,25,26)(H,14,18,19)(H2,20,21,22)/t8?,11-,12-/m1/s1. The van der Waals surface area contributed by atoms with Gasteiger partial charge in [-0.3, -0.25) is 18.9 Å². The highest BCUT2D eigenvalue weighted by atomic mass is 31.3. The molecule has 2 rings (SSSR count). The zero-order chi connectivity index (χ0) is 25.5. The first-order valence-electron chi connectivity index (χ1n) is 8.67. The Balaban J connectivity index is 2.31. The van der Waals surface area contributed by atoms with Crippen molar-refractivity contribution in [2.45, 2.75) is 44.6 Å². The average molecular weight is 535 g/mol. The quantitative estimate of drug-likeness (QED) is 0.126. The minimum Gasteiger partial charge on any atom is -0.346 e. The second-order valence-electron chi connectivity index (χ2n) is 7.32. The Labute approximate surface area is 184 Å². The smallest absolute Gasteiger partial charge is 0.346 e. The number of nitrogens with one attached hydrogen (secondary N) is 1. The van der Waals surface area contributed by atoms with Crippen LogP contribution in [0.5, 0.6) is 0 Å². The van der Waals surface area contributed by atoms with Gasteiger partial charge in [-0.2, -0.15) is 8.62 Å². The molecule has 0 spiro atoms. The van der Waals surface area contributed by atoms with Crippen LogP contribution in [-0.2, 0) is 37.3 Å². The van der Waals surface area contributed by atoms with Crippen LogP contribution in [0.2, 0.25) is 0 Å². The van der Waals surface area contributed by atoms with Crippen molar-refractivity contribution in [3.05, 3.63) is 43.0 Å². The van der Waals surface area contributed by atoms with Crippen LogP contribution in [0.3, 0.4) is 0 Å². The number of phosphoric ester groups is 1. The van der Waals surface area contributed by atoms with Gasteiger partial charge in [0.15, 0.2) is 0 Å². The normalized spacial score (nSPS) is 29.1. The lowest BCUT2D eigenvalue weighted by Gasteiger charge is -2.32. The number of rotatable bonds is 9. The van der Waals surface area contributed by atoms with Gasteiger partial charge in [0.1, 0.15) is 11.3 Å². The summed E-state index contributed by atoms with van der Waals surface area (Å²) in [5, 5.41) is 3.54. The molecule has 21 heteroatoms. The summed E-state index contributed by atoms with van der Waals surface area (Å²) in [5.74, 6) is 0. The lowest BCUT2D eigenvalue weighted by Crippen LogP contribution is -2.45. The van der Waals surface area contributed by atoms with Gasteiger partial charge in [0.25, 0.3) is 5.56 Å². The second-order valence-corrected chi connectivity index (χ2v) is 11.7. The van der Waals surface area contributed by atoms with Gasteiger partial charge in [0, 0.05) is 23.1 Å². The number of phosphoric acid groups is 3. The van der Waals surface area contributed by atoms with Gasteiger partial charge in [-0.05, 0) is 26.3 Å². The molecule has 1 aromatic heterocycles. The molecule has 5 atom stereocenters. The number of aryl methyl sites for hydroxylation is 1. The third-order valence-corrected chi connectivity index (χ3v) is 8.26. The Morgan fingerprint density at radius 3 is 2.39 bits per heavy atom. The van der Waals surface area contributed by atoms with E-state index in [-0.39, 0.29) is 12.0 Å². The molecule has 0 saturated carbocycles. The second kappa shape index (κ2) is 9.19. The molecule has 2 heterocycles. The fraction of sp³-hybridized carbons (Fsp3) is 0.667. The van der Waals surface area contributed by atoms with Crippen molar-refractivity contribution in [1.82, 2.24) is 9.55 Å². The summed E-state index contributed by atoms with van der Waals surface area (Å²) in [7, 11) is -16.8. The molecular formula is C12H20N5O13P3. The number of nitrogens with zero attached hydrogens (tertiary/aromatic N) is 4. The van der Waals surface area contributed by atoms with Crippen LogP contribution in [-0.4, -0.2) is 47.4 Å². The Morgan fingerprint density at radius 1 is 1.24 bits per heavy atom. The molecule has 186 valence electrons. The third kappa shape index (κ3) is 6.93. The van der Waals surface area contributed by atoms with Gasteiger partial charge in [-0.1, -0.05) is 5.11 Å². The molecule has 0 aromatic carbocycles. The number of azide groups is 1. The van der Waals surface area contributed by atoms with Crippen LogP contribution in [0.1, 0.15) is 25.8 Å². The maximum absolute atomic E-state index is 12.3. The fourth-order valence-electron chi connectivity index (χ4n) is 3.12. The van der Waals surface area contributed by atoms with E-state index in [0.717, 1.165) is 4.57 Å². The minimum atomic E-state index is -5.74. The van der Waals surface area contributed by atoms with Crippen LogP contribution in [0, 0.1) is 6.92 Å². The average Bonchev–Trinajstić information content (AvgIpc) is 2.85. The zero-order valence-corrected chi connectivity index (χ0v) is 19.8. The first-order valence-corrected chi connectivity index (χ1v) is 13.2. The Hall–Kier alpha value is -1.64. The van der Waals surface area contributed by atoms with Gasteiger partial charge in [-0.15, -0.1) is 0 Å². The molecule has 1 aliphatic heterocycles. The number of aromatic amines is 1. The van der Waals surface area contributed by atoms with E-state index in [1.54, 1.807) is 0 Å². The van der Waals surface area contributed by atoms with E-state index in [0.29, 0.717) is 0 Å². The predicted molar refractivity (Wildman–Crippen MR) is 107 cm³/mol. The highest BCUT2D eigenvalue weighted by Gasteiger charge is 2.54. The van der Waals surface area contributed by atoms with Crippen molar-refractivity contribution in [1.29, 1.82) is 0 Å². The molecule has 3 unspecified atom stereocenters. The van der Waals surface area contributed by atoms with Crippen molar-refractivity contribution >= 4 is 23.5 Å². The molecule has 1 aliphatic rings. The van der Waals surface area contributed by atoms with Gasteiger partial charge in [-0.25, -0.2) is 18.5 Å². The maximum atomic E-state index is 12.3. The van der Waals surface area contributed by atoms with Crippen LogP contribution in [0.15, 0.2) is 20.9 Å². The summed E-state index contributed by atoms with van der Waals surface area (Å²) in [6.07, 6.45) is 1.03. The van der Waals surface area contributed by atoms with Crippen molar-refractivity contribution in [3.8, 4) is 0 Å². The summed E-state index contributed by atoms with van der Waals surface area (Å²) in [4.78, 5) is 64.7. The van der Waals surface area contributed by atoms with E-state index in [1.165, 1.54) is 27.0 Å². The van der Waals surface area contributed by atoms with Gasteiger partial charge < -0.3 is 24.3 Å². The molecule has 5 N–H and O–H groups in total. The number of ether oxygens (including phenoxy) is 1. The van der Waals surface area contributed by atoms with Crippen molar-refractivity contribution < 1.29 is 51.2 Å². The van der Waals surface area contributed by atoms with E-state index < -0.39 is 58.7 Å². The van der Waals surface area contributed by atoms with Crippen LogP contribution >= 0.6 is 23.5 Å². The number of H-pyrrole nitrogens is 1. The largest absolute Gasteiger partial charge is 0.490 e. The Kier molecular flexibility index (Phi) is 7.69. The van der Waals surface area contributed by atoms with E-state index in [2.05, 4.69) is 28.2 Å². The minimum absolute atomic E-state index is 0.154. The molecule has 1 aromatic rings. The summed E-state index contributed by atoms with van der Waals surface area (Å²) < 4.78 is 52.9. The first kappa shape index (κ1) is 27.6. The molecule has 0 aliphatic carbocycles. The van der Waals surface area contributed by atoms with Crippen molar-refractivity contribution in [2.24, 2.45) is 5.11 Å². The summed E-state index contributed by atoms with van der Waals surface area (Å²) >= 11 is 0. The van der Waals surface area contributed by atoms with E-state index in [9.17, 15) is 33.1 Å². The molecule has 0 radical (unpaired) electrons. The summed E-state index contributed by atoms with van der Waals surface area (Å²) in [5.41, 5.74) is 4.27. The lowest BCUT2D eigenvalue weighted by molar-refractivity contribution is -0.149. The Bertz CT molecular complexity index is 1230. The first-order chi connectivity index (χ1) is 14.8. The fourth-order valence-corrected chi connectivity index (χ4v) is 6.23. The van der Waals surface area contributed by atoms with Crippen LogP contribution < -0.4 is 11.2 Å². The lowest BCUT2D eigenvalue weighted by atomic mass is 9.96. The summed E-state index contributed by atoms with van der Waals surface area (Å²) in [6, 6.07) is -1.13. The molecule has 0 bridgehead atoms. The number of aromatic nitrogens is 2. The van der Waals surface area contributed by atoms with Crippen molar-refractivity contribution in [3.63, 3.8) is 0 Å². The third-order valence-electron chi connectivity index (χ3n) is 4.48. The van der Waals surface area contributed by atoms with Gasteiger partial charge in [0.05, 0.1) is 12.6 Å². The van der Waals surface area contributed by atoms with Gasteiger partial charge in [0.2, 0.25) is 0 Å². The Morgan fingerprint density at radius 2 is 1.85 bits per heavy atom. The van der Waals surface area contributed by atoms with Crippen LogP contribution in [0.25, 0.3) is 10.4 Å². The van der Waals surface area contributed by atoms with E-state index in [4.69, 9.17) is 20.1 Å². The molecule has 1 fully saturated rings. The topological polar surface area (TPSA) is 273 Å². The molecule has 0 amide bonds. The zero-order valence-electron chi connectivity index (χ0n) is 17.2. The summed E-state index contributed by atoms with van der Waals surface area (Å²) in [6.45, 7) is 3.17. The highest BCUT2D eigenvalue weighted by molar-refractivity contribution is 7.66. The van der Waals surface area contributed by atoms with Gasteiger partial charge >= 0.3 is 29.2 Å². The SMILES string of the molecule is Cc1cn([C@@]2(C)CC(N=[N+]=[N-])[C@@](C)(COP(=O)(O)OP(=O)(O)OP(=O)(O)O)O2)c(=O)[nH]c1=O. The van der Waals surface area contributed by atoms with E-state index in [1.807, 2.05) is 0 Å². The van der Waals surface area contributed by atoms with Crippen LogP contribution in [0.4, 0.5) is 0 Å².